The van der Waals surface area contributed by atoms with Crippen LogP contribution in [0.25, 0.3) is 0 Å². The molecule has 1 aromatic carbocycles. The molecule has 1 aliphatic heterocycles. The van der Waals surface area contributed by atoms with Crippen LogP contribution in [0.15, 0.2) is 24.3 Å². The molecule has 1 saturated heterocycles. The lowest BCUT2D eigenvalue weighted by atomic mass is 9.89. The quantitative estimate of drug-likeness (QED) is 0.836. The monoisotopic (exact) mass is 318 g/mol. The maximum Gasteiger partial charge on any atom is 0.0594 e. The smallest absolute Gasteiger partial charge is 0.0594 e. The van der Waals surface area contributed by atoms with E-state index < -0.39 is 5.60 Å². The topological polar surface area (TPSA) is 26.7 Å². The van der Waals surface area contributed by atoms with Crippen LogP contribution in [0.2, 0.25) is 0 Å². The van der Waals surface area contributed by atoms with E-state index in [9.17, 15) is 5.11 Å². The maximum atomic E-state index is 9.82. The zero-order chi connectivity index (χ0) is 17.1. The largest absolute Gasteiger partial charge is 0.390 e. The van der Waals surface area contributed by atoms with Crippen LogP contribution in [0, 0.1) is 5.41 Å². The van der Waals surface area contributed by atoms with Crippen LogP contribution in [-0.2, 0) is 13.0 Å². The third-order valence-corrected chi connectivity index (χ3v) is 4.90. The fourth-order valence-corrected chi connectivity index (χ4v) is 3.68. The van der Waals surface area contributed by atoms with E-state index in [2.05, 4.69) is 55.1 Å². The van der Waals surface area contributed by atoms with E-state index >= 15 is 0 Å². The third-order valence-electron chi connectivity index (χ3n) is 4.90. The van der Waals surface area contributed by atoms with Crippen LogP contribution in [-0.4, -0.2) is 54.2 Å². The van der Waals surface area contributed by atoms with Gasteiger partial charge in [-0.05, 0) is 70.3 Å². The molecule has 23 heavy (non-hydrogen) atoms. The molecular formula is C20H34N2O. The third kappa shape index (κ3) is 6.25. The number of aryl methyl sites for hydroxylation is 1. The van der Waals surface area contributed by atoms with Gasteiger partial charge in [0.1, 0.15) is 0 Å². The van der Waals surface area contributed by atoms with Crippen LogP contribution < -0.4 is 0 Å². The zero-order valence-electron chi connectivity index (χ0n) is 15.6. The Morgan fingerprint density at radius 1 is 1.22 bits per heavy atom. The molecule has 1 aliphatic rings. The summed E-state index contributed by atoms with van der Waals surface area (Å²) in [6, 6.07) is 8.89. The van der Waals surface area contributed by atoms with Gasteiger partial charge in [-0.25, -0.2) is 0 Å². The Labute approximate surface area is 142 Å². The van der Waals surface area contributed by atoms with Gasteiger partial charge in [0.25, 0.3) is 0 Å². The van der Waals surface area contributed by atoms with E-state index in [0.29, 0.717) is 5.41 Å². The van der Waals surface area contributed by atoms with Gasteiger partial charge >= 0.3 is 0 Å². The molecule has 0 aromatic heterocycles. The van der Waals surface area contributed by atoms with E-state index in [1.54, 1.807) is 0 Å². The summed E-state index contributed by atoms with van der Waals surface area (Å²) in [6.45, 7) is 10.7. The summed E-state index contributed by atoms with van der Waals surface area (Å²) in [5, 5.41) is 9.82. The molecular weight excluding hydrogens is 284 g/mol. The second-order valence-electron chi connectivity index (χ2n) is 8.60. The minimum atomic E-state index is -0.581. The molecule has 0 spiro atoms. The van der Waals surface area contributed by atoms with Crippen molar-refractivity contribution >= 4 is 0 Å². The van der Waals surface area contributed by atoms with Gasteiger partial charge < -0.3 is 14.9 Å². The number of hydrogen-bond acceptors (Lipinski definition) is 3. The molecule has 0 unspecified atom stereocenters. The molecule has 0 bridgehead atoms. The molecule has 0 aliphatic carbocycles. The van der Waals surface area contributed by atoms with E-state index in [1.165, 1.54) is 30.6 Å². The lowest BCUT2D eigenvalue weighted by Gasteiger charge is -2.30. The Balaban J connectivity index is 1.83. The molecule has 1 atom stereocenters. The summed E-state index contributed by atoms with van der Waals surface area (Å²) in [7, 11) is 4.45. The second-order valence-corrected chi connectivity index (χ2v) is 8.60. The highest BCUT2D eigenvalue weighted by atomic mass is 16.3. The number of hydrogen-bond donors (Lipinski definition) is 1. The molecule has 2 rings (SSSR count). The van der Waals surface area contributed by atoms with Gasteiger partial charge in [0, 0.05) is 19.6 Å². The predicted molar refractivity (Wildman–Crippen MR) is 97.6 cm³/mol. The maximum absolute atomic E-state index is 9.82. The normalized spacial score (nSPS) is 22.9. The van der Waals surface area contributed by atoms with Gasteiger partial charge in [-0.3, -0.25) is 0 Å². The number of likely N-dealkylation sites (tertiary alicyclic amines) is 1. The molecule has 1 N–H and O–H groups in total. The fraction of sp³-hybridized carbons (Fsp3) is 0.700. The summed E-state index contributed by atoms with van der Waals surface area (Å²) < 4.78 is 0. The van der Waals surface area contributed by atoms with Crippen molar-refractivity contribution < 1.29 is 5.11 Å². The minimum Gasteiger partial charge on any atom is -0.390 e. The molecule has 0 saturated carbocycles. The van der Waals surface area contributed by atoms with Gasteiger partial charge in [0.05, 0.1) is 5.60 Å². The molecule has 1 heterocycles. The Kier molecular flexibility index (Phi) is 5.88. The summed E-state index contributed by atoms with van der Waals surface area (Å²) in [5.41, 5.74) is 2.52. The van der Waals surface area contributed by atoms with Crippen molar-refractivity contribution in [2.24, 2.45) is 5.41 Å². The summed E-state index contributed by atoms with van der Waals surface area (Å²) in [6.07, 6.45) is 3.03. The number of nitrogens with zero attached hydrogens (tertiary/aromatic N) is 2. The van der Waals surface area contributed by atoms with Crippen LogP contribution in [0.5, 0.6) is 0 Å². The van der Waals surface area contributed by atoms with E-state index in [1.807, 2.05) is 13.8 Å². The highest BCUT2D eigenvalue weighted by Gasteiger charge is 2.32. The lowest BCUT2D eigenvalue weighted by molar-refractivity contribution is 0.0714. The SMILES string of the molecule is CN1CC[C@](C)(CN(C)Cc2ccc(CCC(C)(C)O)cc2)C1. The van der Waals surface area contributed by atoms with Crippen molar-refractivity contribution in [1.82, 2.24) is 9.80 Å². The van der Waals surface area contributed by atoms with Crippen molar-refractivity contribution in [3.63, 3.8) is 0 Å². The van der Waals surface area contributed by atoms with Crippen molar-refractivity contribution in [2.45, 2.75) is 52.2 Å². The molecule has 3 nitrogen and oxygen atoms in total. The van der Waals surface area contributed by atoms with Crippen molar-refractivity contribution in [3.05, 3.63) is 35.4 Å². The Morgan fingerprint density at radius 2 is 1.83 bits per heavy atom. The van der Waals surface area contributed by atoms with Gasteiger partial charge in [0.2, 0.25) is 0 Å². The van der Waals surface area contributed by atoms with Crippen LogP contribution in [0.1, 0.15) is 44.7 Å². The van der Waals surface area contributed by atoms with Gasteiger partial charge in [-0.15, -0.1) is 0 Å². The van der Waals surface area contributed by atoms with Crippen molar-refractivity contribution in [2.75, 3.05) is 33.7 Å². The Bertz CT molecular complexity index is 491. The average Bonchev–Trinajstić information content (AvgIpc) is 2.76. The summed E-state index contributed by atoms with van der Waals surface area (Å²) in [4.78, 5) is 4.89. The second kappa shape index (κ2) is 7.33. The summed E-state index contributed by atoms with van der Waals surface area (Å²) in [5.74, 6) is 0. The standard InChI is InChI=1S/C20H34N2O/c1-19(2,23)11-10-17-6-8-18(9-7-17)14-22(5)16-20(3)12-13-21(4)15-20/h6-9,23H,10-16H2,1-5H3/t20-/m0/s1. The lowest BCUT2D eigenvalue weighted by Crippen LogP contribution is -2.35. The zero-order valence-corrected chi connectivity index (χ0v) is 15.6. The Hall–Kier alpha value is -0.900. The fourth-order valence-electron chi connectivity index (χ4n) is 3.68. The van der Waals surface area contributed by atoms with Crippen LogP contribution in [0.4, 0.5) is 0 Å². The van der Waals surface area contributed by atoms with Crippen molar-refractivity contribution in [3.8, 4) is 0 Å². The molecule has 0 radical (unpaired) electrons. The summed E-state index contributed by atoms with van der Waals surface area (Å²) >= 11 is 0. The highest BCUT2D eigenvalue weighted by molar-refractivity contribution is 5.22. The van der Waals surface area contributed by atoms with E-state index in [4.69, 9.17) is 0 Å². The minimum absolute atomic E-state index is 0.427. The van der Waals surface area contributed by atoms with Crippen LogP contribution >= 0.6 is 0 Å². The first kappa shape index (κ1) is 18.4. The molecule has 3 heteroatoms. The number of benzene rings is 1. The van der Waals surface area contributed by atoms with Gasteiger partial charge in [0.15, 0.2) is 0 Å². The number of aliphatic hydroxyl groups is 1. The van der Waals surface area contributed by atoms with Crippen LogP contribution in [0.3, 0.4) is 0 Å². The first-order valence-corrected chi connectivity index (χ1v) is 8.83. The molecule has 1 aromatic rings. The molecule has 130 valence electrons. The number of rotatable bonds is 7. The highest BCUT2D eigenvalue weighted by Crippen LogP contribution is 2.30. The Morgan fingerprint density at radius 3 is 2.35 bits per heavy atom. The first-order valence-electron chi connectivity index (χ1n) is 8.83. The van der Waals surface area contributed by atoms with Crippen molar-refractivity contribution in [1.29, 1.82) is 0 Å². The molecule has 1 fully saturated rings. The first-order chi connectivity index (χ1) is 10.7. The van der Waals surface area contributed by atoms with E-state index in [0.717, 1.165) is 25.9 Å². The van der Waals surface area contributed by atoms with Gasteiger partial charge in [-0.2, -0.15) is 0 Å². The predicted octanol–water partition coefficient (Wildman–Crippen LogP) is 3.16. The average molecular weight is 319 g/mol. The van der Waals surface area contributed by atoms with E-state index in [-0.39, 0.29) is 0 Å². The molecule has 0 amide bonds. The van der Waals surface area contributed by atoms with Gasteiger partial charge in [-0.1, -0.05) is 31.2 Å².